The van der Waals surface area contributed by atoms with Crippen molar-refractivity contribution in [2.45, 2.75) is 70.9 Å². The highest BCUT2D eigenvalue weighted by Crippen LogP contribution is 2.29. The highest BCUT2D eigenvalue weighted by Gasteiger charge is 2.37. The number of hydrogen-bond donors (Lipinski definition) is 1. The maximum atomic E-state index is 12.9. The molecule has 2 heterocycles. The second-order valence-electron chi connectivity index (χ2n) is 8.23. The van der Waals surface area contributed by atoms with Gasteiger partial charge in [0.05, 0.1) is 5.54 Å². The van der Waals surface area contributed by atoms with Crippen LogP contribution in [0.1, 0.15) is 69.9 Å². The van der Waals surface area contributed by atoms with E-state index in [9.17, 15) is 9.59 Å². The first kappa shape index (κ1) is 17.9. The molecule has 1 aromatic rings. The molecule has 1 atom stereocenters. The minimum Gasteiger partial charge on any atom is -0.353 e. The summed E-state index contributed by atoms with van der Waals surface area (Å²) < 4.78 is 1.69. The molecule has 7 heteroatoms. The predicted octanol–water partition coefficient (Wildman–Crippen LogP) is 1.94. The first-order valence-corrected chi connectivity index (χ1v) is 9.37. The van der Waals surface area contributed by atoms with Gasteiger partial charge in [-0.2, -0.15) is 0 Å². The van der Waals surface area contributed by atoms with Crippen LogP contribution in [-0.2, 0) is 10.3 Å². The monoisotopic (exact) mass is 347 g/mol. The molecular weight excluding hydrogens is 318 g/mol. The molecule has 1 saturated heterocycles. The molecule has 0 bridgehead atoms. The summed E-state index contributed by atoms with van der Waals surface area (Å²) in [6, 6.07) is -0.397. The molecule has 2 fully saturated rings. The Kier molecular flexibility index (Phi) is 5.11. The largest absolute Gasteiger partial charge is 0.353 e. The van der Waals surface area contributed by atoms with Gasteiger partial charge in [-0.25, -0.2) is 9.67 Å². The number of piperazine rings is 1. The molecule has 0 aromatic carbocycles. The van der Waals surface area contributed by atoms with E-state index in [4.69, 9.17) is 0 Å². The molecule has 7 nitrogen and oxygen atoms in total. The van der Waals surface area contributed by atoms with Crippen molar-refractivity contribution in [3.05, 3.63) is 12.2 Å². The Labute approximate surface area is 149 Å². The Hall–Kier alpha value is -1.92. The van der Waals surface area contributed by atoms with Crippen molar-refractivity contribution in [1.82, 2.24) is 25.0 Å². The third-order valence-corrected chi connectivity index (χ3v) is 5.24. The first-order chi connectivity index (χ1) is 11.9. The highest BCUT2D eigenvalue weighted by molar-refractivity contribution is 5.95. The number of amides is 2. The van der Waals surface area contributed by atoms with Crippen LogP contribution < -0.4 is 5.32 Å². The second kappa shape index (κ2) is 7.14. The van der Waals surface area contributed by atoms with Crippen LogP contribution in [0.25, 0.3) is 0 Å². The fourth-order valence-electron chi connectivity index (χ4n) is 3.74. The van der Waals surface area contributed by atoms with Gasteiger partial charge in [-0.3, -0.25) is 9.59 Å². The van der Waals surface area contributed by atoms with Gasteiger partial charge in [0.1, 0.15) is 12.4 Å². The van der Waals surface area contributed by atoms with Gasteiger partial charge in [0.25, 0.3) is 5.91 Å². The fourth-order valence-corrected chi connectivity index (χ4v) is 3.74. The number of carbonyl (C=O) groups is 2. The van der Waals surface area contributed by atoms with Gasteiger partial charge in [-0.05, 0) is 33.1 Å². The lowest BCUT2D eigenvalue weighted by atomic mass is 9.84. The molecule has 1 aliphatic carbocycles. The van der Waals surface area contributed by atoms with E-state index in [1.165, 1.54) is 19.3 Å². The predicted molar refractivity (Wildman–Crippen MR) is 94.0 cm³/mol. The van der Waals surface area contributed by atoms with Crippen LogP contribution in [-0.4, -0.2) is 50.6 Å². The third kappa shape index (κ3) is 4.02. The molecule has 1 aromatic heterocycles. The number of nitrogens with zero attached hydrogens (tertiary/aromatic N) is 4. The van der Waals surface area contributed by atoms with Crippen molar-refractivity contribution in [3.63, 3.8) is 0 Å². The van der Waals surface area contributed by atoms with Gasteiger partial charge in [0, 0.05) is 13.1 Å². The smallest absolute Gasteiger partial charge is 0.294 e. The van der Waals surface area contributed by atoms with E-state index >= 15 is 0 Å². The summed E-state index contributed by atoms with van der Waals surface area (Å²) in [6.45, 7) is 7.04. The van der Waals surface area contributed by atoms with Crippen molar-refractivity contribution in [2.24, 2.45) is 5.92 Å². The normalized spacial score (nSPS) is 22.8. The van der Waals surface area contributed by atoms with Gasteiger partial charge < -0.3 is 10.2 Å². The topological polar surface area (TPSA) is 80.1 Å². The summed E-state index contributed by atoms with van der Waals surface area (Å²) >= 11 is 0. The lowest BCUT2D eigenvalue weighted by Crippen LogP contribution is -2.58. The number of carbonyl (C=O) groups excluding carboxylic acids is 2. The number of nitrogens with one attached hydrogen (secondary N) is 1. The third-order valence-electron chi connectivity index (χ3n) is 5.24. The lowest BCUT2D eigenvalue weighted by Gasteiger charge is -2.37. The molecular formula is C18H29N5O2. The zero-order valence-corrected chi connectivity index (χ0v) is 15.5. The molecule has 2 aliphatic rings. The maximum absolute atomic E-state index is 12.9. The quantitative estimate of drug-likeness (QED) is 0.906. The van der Waals surface area contributed by atoms with Gasteiger partial charge in [-0.15, -0.1) is 5.10 Å². The van der Waals surface area contributed by atoms with E-state index in [0.717, 1.165) is 19.3 Å². The first-order valence-electron chi connectivity index (χ1n) is 9.37. The maximum Gasteiger partial charge on any atom is 0.294 e. The van der Waals surface area contributed by atoms with Crippen LogP contribution in [0.2, 0.25) is 0 Å². The Morgan fingerprint density at radius 3 is 2.64 bits per heavy atom. The average Bonchev–Trinajstić information content (AvgIpc) is 3.07. The van der Waals surface area contributed by atoms with Crippen LogP contribution in [0.15, 0.2) is 6.33 Å². The van der Waals surface area contributed by atoms with E-state index in [1.54, 1.807) is 15.9 Å². The molecule has 1 aliphatic heterocycles. The van der Waals surface area contributed by atoms with Crippen molar-refractivity contribution >= 4 is 11.8 Å². The lowest BCUT2D eigenvalue weighted by molar-refractivity contribution is -0.128. The van der Waals surface area contributed by atoms with Crippen molar-refractivity contribution in [2.75, 3.05) is 13.1 Å². The van der Waals surface area contributed by atoms with Gasteiger partial charge in [0.15, 0.2) is 0 Å². The number of hydrogen-bond acceptors (Lipinski definition) is 4. The van der Waals surface area contributed by atoms with Crippen molar-refractivity contribution in [3.8, 4) is 0 Å². The minimum absolute atomic E-state index is 0.0413. The Morgan fingerprint density at radius 1 is 1.28 bits per heavy atom. The zero-order valence-electron chi connectivity index (χ0n) is 15.5. The van der Waals surface area contributed by atoms with E-state index in [-0.39, 0.29) is 23.2 Å². The molecule has 25 heavy (non-hydrogen) atoms. The Balaban J connectivity index is 1.76. The van der Waals surface area contributed by atoms with Crippen molar-refractivity contribution in [1.29, 1.82) is 0 Å². The molecule has 1 unspecified atom stereocenters. The van der Waals surface area contributed by atoms with E-state index in [1.807, 2.05) is 20.8 Å². The molecule has 0 spiro atoms. The van der Waals surface area contributed by atoms with E-state index < -0.39 is 6.04 Å². The second-order valence-corrected chi connectivity index (χ2v) is 8.23. The summed E-state index contributed by atoms with van der Waals surface area (Å²) in [5.74, 6) is 0.426. The number of rotatable bonds is 3. The summed E-state index contributed by atoms with van der Waals surface area (Å²) in [5.41, 5.74) is -0.230. The molecule has 2 amide bonds. The summed E-state index contributed by atoms with van der Waals surface area (Å²) in [4.78, 5) is 31.2. The molecule has 1 saturated carbocycles. The van der Waals surface area contributed by atoms with Crippen molar-refractivity contribution < 1.29 is 9.59 Å². The molecule has 138 valence electrons. The summed E-state index contributed by atoms with van der Waals surface area (Å²) in [7, 11) is 0. The van der Waals surface area contributed by atoms with Crippen LogP contribution in [0.3, 0.4) is 0 Å². The average molecular weight is 347 g/mol. The van der Waals surface area contributed by atoms with Crippen LogP contribution in [0, 0.1) is 5.92 Å². The minimum atomic E-state index is -0.397. The zero-order chi connectivity index (χ0) is 18.0. The Bertz CT molecular complexity index is 628. The van der Waals surface area contributed by atoms with Crippen LogP contribution in [0.4, 0.5) is 0 Å². The molecule has 0 radical (unpaired) electrons. The summed E-state index contributed by atoms with van der Waals surface area (Å²) in [5, 5.41) is 7.25. The van der Waals surface area contributed by atoms with Crippen LogP contribution in [0.5, 0.6) is 0 Å². The summed E-state index contributed by atoms with van der Waals surface area (Å²) in [6.07, 6.45) is 8.38. The van der Waals surface area contributed by atoms with E-state index in [2.05, 4.69) is 15.4 Å². The molecule has 3 rings (SSSR count). The molecule has 1 N–H and O–H groups in total. The van der Waals surface area contributed by atoms with Gasteiger partial charge >= 0.3 is 0 Å². The van der Waals surface area contributed by atoms with Gasteiger partial charge in [-0.1, -0.05) is 32.1 Å². The standard InChI is InChI=1S/C18H29N5O2/c1-18(2,3)23-12-20-15(21-23)17(25)22-10-9-19-16(24)14(22)11-13-7-5-4-6-8-13/h12-14H,4-11H2,1-3H3,(H,19,24). The number of aromatic nitrogens is 3. The van der Waals surface area contributed by atoms with Crippen LogP contribution >= 0.6 is 0 Å². The Morgan fingerprint density at radius 2 is 2.00 bits per heavy atom. The SMILES string of the molecule is CC(C)(C)n1cnc(C(=O)N2CCNC(=O)C2CC2CCCCC2)n1. The van der Waals surface area contributed by atoms with E-state index in [0.29, 0.717) is 19.0 Å². The van der Waals surface area contributed by atoms with Gasteiger partial charge in [0.2, 0.25) is 11.7 Å². The highest BCUT2D eigenvalue weighted by atomic mass is 16.2. The fraction of sp³-hybridized carbons (Fsp3) is 0.778.